The van der Waals surface area contributed by atoms with Crippen molar-refractivity contribution in [2.45, 2.75) is 39.3 Å². The van der Waals surface area contributed by atoms with Crippen molar-refractivity contribution >= 4 is 39.0 Å². The number of nitrogens with zero attached hydrogens (tertiary/aromatic N) is 3. The monoisotopic (exact) mass is 513 g/mol. The first-order valence-electron chi connectivity index (χ1n) is 11.0. The van der Waals surface area contributed by atoms with Crippen LogP contribution in [-0.4, -0.2) is 52.3 Å². The van der Waals surface area contributed by atoms with E-state index in [-0.39, 0.29) is 18.0 Å². The predicted molar refractivity (Wildman–Crippen MR) is 130 cm³/mol. The van der Waals surface area contributed by atoms with Crippen molar-refractivity contribution in [1.29, 1.82) is 0 Å². The number of rotatable bonds is 4. The normalized spacial score (nSPS) is 16.3. The Kier molecular flexibility index (Phi) is 6.47. The molecule has 3 aromatic rings. The third kappa shape index (κ3) is 5.21. The fraction of sp³-hybridized carbons (Fsp3) is 0.400. The molecule has 0 aliphatic carbocycles. The van der Waals surface area contributed by atoms with Gasteiger partial charge >= 0.3 is 12.1 Å². The summed E-state index contributed by atoms with van der Waals surface area (Å²) in [6, 6.07) is 13.4. The van der Waals surface area contributed by atoms with Gasteiger partial charge in [0, 0.05) is 29.7 Å². The third-order valence-electron chi connectivity index (χ3n) is 5.65. The van der Waals surface area contributed by atoms with E-state index in [1.165, 1.54) is 7.11 Å². The van der Waals surface area contributed by atoms with Crippen LogP contribution in [0.5, 0.6) is 0 Å². The van der Waals surface area contributed by atoms with Crippen LogP contribution in [0.15, 0.2) is 46.9 Å². The first-order valence-corrected chi connectivity index (χ1v) is 11.8. The Hall–Kier alpha value is -2.87. The van der Waals surface area contributed by atoms with Crippen molar-refractivity contribution in [1.82, 2.24) is 14.5 Å². The van der Waals surface area contributed by atoms with Gasteiger partial charge in [0.15, 0.2) is 0 Å². The maximum absolute atomic E-state index is 12.5. The third-order valence-corrected chi connectivity index (χ3v) is 6.18. The van der Waals surface area contributed by atoms with Crippen molar-refractivity contribution in [2.75, 3.05) is 20.2 Å². The highest BCUT2D eigenvalue weighted by molar-refractivity contribution is 9.10. The number of hydrogen-bond donors (Lipinski definition) is 0. The molecule has 4 rings (SSSR count). The lowest BCUT2D eigenvalue weighted by atomic mass is 10.1. The number of carbonyl (C=O) groups is 2. The summed E-state index contributed by atoms with van der Waals surface area (Å²) < 4.78 is 13.6. The molecule has 1 saturated heterocycles. The van der Waals surface area contributed by atoms with Gasteiger partial charge in [0.25, 0.3) is 0 Å². The van der Waals surface area contributed by atoms with E-state index in [2.05, 4.69) is 20.5 Å². The molecule has 0 unspecified atom stereocenters. The van der Waals surface area contributed by atoms with E-state index in [9.17, 15) is 9.59 Å². The predicted octanol–water partition coefficient (Wildman–Crippen LogP) is 5.51. The van der Waals surface area contributed by atoms with E-state index >= 15 is 0 Å². The molecule has 0 radical (unpaired) electrons. The van der Waals surface area contributed by atoms with Crippen LogP contribution in [0.2, 0.25) is 0 Å². The van der Waals surface area contributed by atoms with E-state index in [4.69, 9.17) is 14.5 Å². The Morgan fingerprint density at radius 2 is 1.88 bits per heavy atom. The molecular formula is C25H28BrN3O4. The summed E-state index contributed by atoms with van der Waals surface area (Å²) in [6.07, 6.45) is 0.594. The number of hydrogen-bond acceptors (Lipinski definition) is 5. The molecule has 2 aromatic carbocycles. The van der Waals surface area contributed by atoms with Crippen LogP contribution in [0.25, 0.3) is 22.4 Å². The number of methoxy groups -OCH3 is 1. The zero-order valence-corrected chi connectivity index (χ0v) is 20.9. The van der Waals surface area contributed by atoms with Crippen LogP contribution in [0.3, 0.4) is 0 Å². The van der Waals surface area contributed by atoms with E-state index in [1.807, 2.05) is 57.2 Å². The van der Waals surface area contributed by atoms with Gasteiger partial charge < -0.3 is 18.9 Å². The zero-order valence-electron chi connectivity index (χ0n) is 19.3. The van der Waals surface area contributed by atoms with Gasteiger partial charge in [-0.15, -0.1) is 0 Å². The highest BCUT2D eigenvalue weighted by atomic mass is 79.9. The fourth-order valence-corrected chi connectivity index (χ4v) is 4.37. The molecule has 1 aromatic heterocycles. The van der Waals surface area contributed by atoms with Gasteiger partial charge in [-0.1, -0.05) is 28.1 Å². The minimum Gasteiger partial charge on any atom is -0.465 e. The second-order valence-corrected chi connectivity index (χ2v) is 10.2. The van der Waals surface area contributed by atoms with Crippen molar-refractivity contribution in [2.24, 2.45) is 5.92 Å². The molecule has 33 heavy (non-hydrogen) atoms. The van der Waals surface area contributed by atoms with Gasteiger partial charge in [-0.2, -0.15) is 0 Å². The molecule has 174 valence electrons. The SMILES string of the molecule is COC(=O)c1ccc2nc(-c3ccc(Br)cc3)n(C[C@@H]3CCN(C(=O)OC(C)(C)C)C3)c2c1. The Balaban J connectivity index is 1.67. The first-order chi connectivity index (χ1) is 15.6. The minimum atomic E-state index is -0.519. The topological polar surface area (TPSA) is 73.7 Å². The van der Waals surface area contributed by atoms with E-state index < -0.39 is 5.60 Å². The summed E-state index contributed by atoms with van der Waals surface area (Å²) in [5.74, 6) is 0.688. The molecular weight excluding hydrogens is 486 g/mol. The number of amides is 1. The lowest BCUT2D eigenvalue weighted by molar-refractivity contribution is 0.0287. The number of imidazole rings is 1. The number of likely N-dealkylation sites (tertiary alicyclic amines) is 1. The van der Waals surface area contributed by atoms with Gasteiger partial charge in [-0.25, -0.2) is 14.6 Å². The van der Waals surface area contributed by atoms with Gasteiger partial charge in [0.2, 0.25) is 0 Å². The van der Waals surface area contributed by atoms with Crippen LogP contribution < -0.4 is 0 Å². The standard InChI is InChI=1S/C25H28BrN3O4/c1-25(2,3)33-24(31)28-12-11-16(14-28)15-29-21-13-18(23(30)32-4)7-10-20(21)27-22(29)17-5-8-19(26)9-6-17/h5-10,13,16H,11-12,14-15H2,1-4H3/t16-/m1/s1. The highest BCUT2D eigenvalue weighted by Crippen LogP contribution is 2.30. The molecule has 1 aliphatic heterocycles. The summed E-state index contributed by atoms with van der Waals surface area (Å²) in [6.45, 7) is 7.57. The molecule has 0 bridgehead atoms. The fourth-order valence-electron chi connectivity index (χ4n) is 4.10. The maximum atomic E-state index is 12.5. The Labute approximate surface area is 201 Å². The lowest BCUT2D eigenvalue weighted by Gasteiger charge is -2.24. The second-order valence-electron chi connectivity index (χ2n) is 9.33. The first kappa shape index (κ1) is 23.3. The molecule has 1 amide bonds. The number of fused-ring (bicyclic) bond motifs is 1. The summed E-state index contributed by atoms with van der Waals surface area (Å²) in [5, 5.41) is 0. The van der Waals surface area contributed by atoms with Crippen molar-refractivity contribution in [3.05, 3.63) is 52.5 Å². The molecule has 1 atom stereocenters. The zero-order chi connectivity index (χ0) is 23.8. The average Bonchev–Trinajstić information content (AvgIpc) is 3.38. The Bertz CT molecular complexity index is 1180. The smallest absolute Gasteiger partial charge is 0.410 e. The molecule has 1 aliphatic rings. The van der Waals surface area contributed by atoms with Crippen LogP contribution >= 0.6 is 15.9 Å². The summed E-state index contributed by atoms with van der Waals surface area (Å²) in [4.78, 5) is 31.3. The van der Waals surface area contributed by atoms with Gasteiger partial charge in [0.1, 0.15) is 11.4 Å². The van der Waals surface area contributed by atoms with E-state index in [0.29, 0.717) is 25.2 Å². The molecule has 8 heteroatoms. The average molecular weight is 514 g/mol. The van der Waals surface area contributed by atoms with Gasteiger partial charge in [-0.3, -0.25) is 0 Å². The lowest BCUT2D eigenvalue weighted by Crippen LogP contribution is -2.35. The molecule has 0 spiro atoms. The second kappa shape index (κ2) is 9.17. The summed E-state index contributed by atoms with van der Waals surface area (Å²) in [7, 11) is 1.38. The molecule has 0 saturated carbocycles. The highest BCUT2D eigenvalue weighted by Gasteiger charge is 2.31. The van der Waals surface area contributed by atoms with Crippen LogP contribution in [0, 0.1) is 5.92 Å². The molecule has 0 N–H and O–H groups in total. The number of halogens is 1. The van der Waals surface area contributed by atoms with Crippen LogP contribution in [-0.2, 0) is 16.0 Å². The number of carbonyl (C=O) groups excluding carboxylic acids is 2. The number of esters is 1. The molecule has 1 fully saturated rings. The minimum absolute atomic E-state index is 0.242. The van der Waals surface area contributed by atoms with Crippen LogP contribution in [0.1, 0.15) is 37.6 Å². The summed E-state index contributed by atoms with van der Waals surface area (Å²) >= 11 is 3.49. The van der Waals surface area contributed by atoms with E-state index in [0.717, 1.165) is 33.3 Å². The van der Waals surface area contributed by atoms with E-state index in [1.54, 1.807) is 11.0 Å². The molecule has 2 heterocycles. The van der Waals surface area contributed by atoms with Gasteiger partial charge in [-0.05, 0) is 63.4 Å². The number of ether oxygens (including phenoxy) is 2. The van der Waals surface area contributed by atoms with Crippen molar-refractivity contribution < 1.29 is 19.1 Å². The Morgan fingerprint density at radius 1 is 1.15 bits per heavy atom. The van der Waals surface area contributed by atoms with Crippen molar-refractivity contribution in [3.8, 4) is 11.4 Å². The largest absolute Gasteiger partial charge is 0.465 e. The molecule has 7 nitrogen and oxygen atoms in total. The summed E-state index contributed by atoms with van der Waals surface area (Å²) in [5.41, 5.74) is 2.62. The van der Waals surface area contributed by atoms with Gasteiger partial charge in [0.05, 0.1) is 23.7 Å². The number of benzene rings is 2. The Morgan fingerprint density at radius 3 is 2.55 bits per heavy atom. The maximum Gasteiger partial charge on any atom is 0.410 e. The van der Waals surface area contributed by atoms with Crippen molar-refractivity contribution in [3.63, 3.8) is 0 Å². The quantitative estimate of drug-likeness (QED) is 0.430. The number of aromatic nitrogens is 2. The van der Waals surface area contributed by atoms with Crippen LogP contribution in [0.4, 0.5) is 4.79 Å².